The lowest BCUT2D eigenvalue weighted by Gasteiger charge is -2.14. The molecule has 0 aromatic carbocycles. The molecule has 0 bridgehead atoms. The van der Waals surface area contributed by atoms with Crippen LogP contribution in [0.1, 0.15) is 19.8 Å². The van der Waals surface area contributed by atoms with Crippen LogP contribution >= 0.6 is 0 Å². The first-order chi connectivity index (χ1) is 6.84. The number of hydrogen-bond acceptors (Lipinski definition) is 4. The number of nitrogens with two attached hydrogens (primary N) is 1. The van der Waals surface area contributed by atoms with Crippen LogP contribution < -0.4 is 11.1 Å². The van der Waals surface area contributed by atoms with Crippen molar-refractivity contribution in [1.82, 2.24) is 5.32 Å². The standard InChI is InChI=1S/C8H14N2O5/c1-4(9)7(13)10-5(8(14)15)2-3-6(11)12/h4-5H,2-3,9H2,1H3,(H,10,13)(H,11,12)(H,14,15)/t4-,5?/m1/s1. The molecule has 0 saturated carbocycles. The van der Waals surface area contributed by atoms with E-state index in [0.29, 0.717) is 0 Å². The topological polar surface area (TPSA) is 130 Å². The molecule has 0 saturated heterocycles. The van der Waals surface area contributed by atoms with Gasteiger partial charge in [-0.2, -0.15) is 0 Å². The Bertz CT molecular complexity index is 264. The van der Waals surface area contributed by atoms with Crippen LogP contribution in [0.2, 0.25) is 0 Å². The van der Waals surface area contributed by atoms with Gasteiger partial charge in [0.25, 0.3) is 0 Å². The van der Waals surface area contributed by atoms with E-state index in [2.05, 4.69) is 5.32 Å². The number of aliphatic carboxylic acids is 2. The van der Waals surface area contributed by atoms with Gasteiger partial charge in [-0.1, -0.05) is 0 Å². The van der Waals surface area contributed by atoms with Crippen LogP contribution in [0.15, 0.2) is 0 Å². The normalized spacial score (nSPS) is 14.0. The third-order valence-electron chi connectivity index (χ3n) is 1.68. The van der Waals surface area contributed by atoms with Gasteiger partial charge in [0.15, 0.2) is 0 Å². The molecule has 0 spiro atoms. The van der Waals surface area contributed by atoms with Crippen molar-refractivity contribution in [2.75, 3.05) is 0 Å². The highest BCUT2D eigenvalue weighted by atomic mass is 16.4. The fraction of sp³-hybridized carbons (Fsp3) is 0.625. The van der Waals surface area contributed by atoms with Gasteiger partial charge in [0.1, 0.15) is 6.04 Å². The molecule has 7 heteroatoms. The summed E-state index contributed by atoms with van der Waals surface area (Å²) in [6.07, 6.45) is -0.487. The van der Waals surface area contributed by atoms with Crippen LogP contribution in [0.5, 0.6) is 0 Å². The van der Waals surface area contributed by atoms with Gasteiger partial charge in [0, 0.05) is 6.42 Å². The largest absolute Gasteiger partial charge is 0.481 e. The molecule has 2 atom stereocenters. The number of hydrogen-bond donors (Lipinski definition) is 4. The summed E-state index contributed by atoms with van der Waals surface area (Å²) < 4.78 is 0. The Hall–Kier alpha value is -1.63. The van der Waals surface area contributed by atoms with E-state index in [1.807, 2.05) is 0 Å². The molecule has 15 heavy (non-hydrogen) atoms. The van der Waals surface area contributed by atoms with Gasteiger partial charge in [-0.15, -0.1) is 0 Å². The highest BCUT2D eigenvalue weighted by Gasteiger charge is 2.21. The molecule has 1 unspecified atom stereocenters. The molecule has 0 aliphatic heterocycles. The van der Waals surface area contributed by atoms with E-state index < -0.39 is 29.9 Å². The number of amides is 1. The zero-order chi connectivity index (χ0) is 12.0. The third kappa shape index (κ3) is 5.63. The van der Waals surface area contributed by atoms with Gasteiger partial charge in [-0.05, 0) is 13.3 Å². The summed E-state index contributed by atoms with van der Waals surface area (Å²) in [6.45, 7) is 1.41. The smallest absolute Gasteiger partial charge is 0.326 e. The number of carbonyl (C=O) groups is 3. The molecule has 0 aliphatic carbocycles. The Morgan fingerprint density at radius 3 is 2.20 bits per heavy atom. The minimum absolute atomic E-state index is 0.164. The number of carbonyl (C=O) groups excluding carboxylic acids is 1. The Kier molecular flexibility index (Phi) is 5.32. The van der Waals surface area contributed by atoms with Crippen LogP contribution in [0.25, 0.3) is 0 Å². The average molecular weight is 218 g/mol. The van der Waals surface area contributed by atoms with Crippen molar-refractivity contribution >= 4 is 17.8 Å². The second kappa shape index (κ2) is 5.97. The van der Waals surface area contributed by atoms with E-state index in [9.17, 15) is 14.4 Å². The van der Waals surface area contributed by atoms with Crippen LogP contribution in [0.4, 0.5) is 0 Å². The van der Waals surface area contributed by atoms with Crippen LogP contribution in [0.3, 0.4) is 0 Å². The summed E-state index contributed by atoms with van der Waals surface area (Å²) >= 11 is 0. The minimum atomic E-state index is -1.27. The fourth-order valence-electron chi connectivity index (χ4n) is 0.828. The van der Waals surface area contributed by atoms with E-state index in [-0.39, 0.29) is 12.8 Å². The van der Waals surface area contributed by atoms with Crippen LogP contribution in [-0.2, 0) is 14.4 Å². The van der Waals surface area contributed by atoms with Crippen molar-refractivity contribution < 1.29 is 24.6 Å². The summed E-state index contributed by atoms with van der Waals surface area (Å²) in [5, 5.41) is 19.2. The number of carboxylic acids is 2. The molecular weight excluding hydrogens is 204 g/mol. The molecule has 0 radical (unpaired) electrons. The Morgan fingerprint density at radius 1 is 1.33 bits per heavy atom. The summed E-state index contributed by atoms with van der Waals surface area (Å²) in [5.74, 6) is -3.01. The number of carboxylic acid groups (broad SMARTS) is 2. The zero-order valence-electron chi connectivity index (χ0n) is 8.27. The number of rotatable bonds is 6. The van der Waals surface area contributed by atoms with Gasteiger partial charge in [0.05, 0.1) is 6.04 Å². The van der Waals surface area contributed by atoms with Gasteiger partial charge < -0.3 is 21.3 Å². The quantitative estimate of drug-likeness (QED) is 0.441. The van der Waals surface area contributed by atoms with Crippen LogP contribution in [0, 0.1) is 0 Å². The minimum Gasteiger partial charge on any atom is -0.481 e. The van der Waals surface area contributed by atoms with Crippen molar-refractivity contribution in [2.24, 2.45) is 5.73 Å². The van der Waals surface area contributed by atoms with Gasteiger partial charge >= 0.3 is 11.9 Å². The second-order valence-corrected chi connectivity index (χ2v) is 3.12. The van der Waals surface area contributed by atoms with Gasteiger partial charge in [-0.3, -0.25) is 9.59 Å². The molecule has 5 N–H and O–H groups in total. The summed E-state index contributed by atoms with van der Waals surface area (Å²) in [6, 6.07) is -2.03. The summed E-state index contributed by atoms with van der Waals surface area (Å²) in [4.78, 5) is 31.9. The molecule has 0 fully saturated rings. The van der Waals surface area contributed by atoms with E-state index in [0.717, 1.165) is 0 Å². The van der Waals surface area contributed by atoms with E-state index in [1.165, 1.54) is 6.92 Å². The maximum atomic E-state index is 11.1. The van der Waals surface area contributed by atoms with Crippen molar-refractivity contribution in [3.05, 3.63) is 0 Å². The Morgan fingerprint density at radius 2 is 1.87 bits per heavy atom. The molecular formula is C8H14N2O5. The lowest BCUT2D eigenvalue weighted by Crippen LogP contribution is -2.47. The Balaban J connectivity index is 4.22. The lowest BCUT2D eigenvalue weighted by molar-refractivity contribution is -0.143. The van der Waals surface area contributed by atoms with E-state index in [4.69, 9.17) is 15.9 Å². The van der Waals surface area contributed by atoms with Crippen molar-refractivity contribution in [1.29, 1.82) is 0 Å². The molecule has 1 amide bonds. The first-order valence-corrected chi connectivity index (χ1v) is 4.35. The first-order valence-electron chi connectivity index (χ1n) is 4.35. The van der Waals surface area contributed by atoms with E-state index in [1.54, 1.807) is 0 Å². The van der Waals surface area contributed by atoms with E-state index >= 15 is 0 Å². The molecule has 0 heterocycles. The molecule has 0 rings (SSSR count). The van der Waals surface area contributed by atoms with Gasteiger partial charge in [0.2, 0.25) is 5.91 Å². The highest BCUT2D eigenvalue weighted by Crippen LogP contribution is 1.98. The maximum Gasteiger partial charge on any atom is 0.326 e. The molecule has 86 valence electrons. The lowest BCUT2D eigenvalue weighted by atomic mass is 10.1. The maximum absolute atomic E-state index is 11.1. The average Bonchev–Trinajstić information content (AvgIpc) is 2.10. The summed E-state index contributed by atoms with van der Waals surface area (Å²) in [7, 11) is 0. The monoisotopic (exact) mass is 218 g/mol. The van der Waals surface area contributed by atoms with Crippen LogP contribution in [-0.4, -0.2) is 40.1 Å². The van der Waals surface area contributed by atoms with Crippen molar-refractivity contribution in [2.45, 2.75) is 31.8 Å². The zero-order valence-corrected chi connectivity index (χ0v) is 8.27. The molecule has 0 aromatic rings. The predicted molar refractivity (Wildman–Crippen MR) is 50.1 cm³/mol. The first kappa shape index (κ1) is 13.4. The summed E-state index contributed by atoms with van der Waals surface area (Å²) in [5.41, 5.74) is 5.22. The highest BCUT2D eigenvalue weighted by molar-refractivity contribution is 5.86. The van der Waals surface area contributed by atoms with Gasteiger partial charge in [-0.25, -0.2) is 4.79 Å². The predicted octanol–water partition coefficient (Wildman–Crippen LogP) is -1.23. The third-order valence-corrected chi connectivity index (χ3v) is 1.68. The van der Waals surface area contributed by atoms with Crippen molar-refractivity contribution in [3.63, 3.8) is 0 Å². The number of nitrogens with one attached hydrogen (secondary N) is 1. The molecule has 0 aliphatic rings. The fourth-order valence-corrected chi connectivity index (χ4v) is 0.828. The SMILES string of the molecule is C[C@@H](N)C(=O)NC(CCC(=O)O)C(=O)O. The second-order valence-electron chi connectivity index (χ2n) is 3.12. The molecule has 7 nitrogen and oxygen atoms in total. The van der Waals surface area contributed by atoms with Crippen molar-refractivity contribution in [3.8, 4) is 0 Å². The Labute approximate surface area is 86.3 Å². The molecule has 0 aromatic heterocycles.